The Morgan fingerprint density at radius 3 is 1.86 bits per heavy atom. The first-order valence-corrected chi connectivity index (χ1v) is 7.20. The molecule has 0 aliphatic rings. The van der Waals surface area contributed by atoms with E-state index < -0.39 is 9.84 Å². The summed E-state index contributed by atoms with van der Waals surface area (Å²) in [6.45, 7) is 6.00. The van der Waals surface area contributed by atoms with E-state index in [9.17, 15) is 8.42 Å². The Morgan fingerprint density at radius 2 is 1.64 bits per heavy atom. The predicted octanol–water partition coefficient (Wildman–Crippen LogP) is 1.44. The van der Waals surface area contributed by atoms with Gasteiger partial charge in [0.25, 0.3) is 0 Å². The first-order valence-electron chi connectivity index (χ1n) is 5.24. The van der Waals surface area contributed by atoms with Gasteiger partial charge in [-0.3, -0.25) is 0 Å². The van der Waals surface area contributed by atoms with Crippen LogP contribution >= 0.6 is 0 Å². The van der Waals surface area contributed by atoms with Crippen LogP contribution in [-0.2, 0) is 9.84 Å². The third-order valence-electron chi connectivity index (χ3n) is 3.07. The largest absolute Gasteiger partial charge is 0.315 e. The van der Waals surface area contributed by atoms with Gasteiger partial charge in [-0.15, -0.1) is 0 Å². The van der Waals surface area contributed by atoms with Crippen LogP contribution in [0, 0.1) is 5.92 Å². The van der Waals surface area contributed by atoms with Crippen molar-refractivity contribution in [1.82, 2.24) is 5.32 Å². The number of sulfone groups is 1. The third kappa shape index (κ3) is 3.58. The highest BCUT2D eigenvalue weighted by molar-refractivity contribution is 7.91. The van der Waals surface area contributed by atoms with Crippen molar-refractivity contribution in [2.45, 2.75) is 44.9 Å². The maximum absolute atomic E-state index is 11.4. The fraction of sp³-hybridized carbons (Fsp3) is 1.00. The highest BCUT2D eigenvalue weighted by Gasteiger charge is 2.29. The Labute approximate surface area is 88.2 Å². The molecule has 0 fully saturated rings. The van der Waals surface area contributed by atoms with Crippen molar-refractivity contribution in [2.75, 3.05) is 13.3 Å². The second kappa shape index (κ2) is 5.71. The molecule has 0 aromatic rings. The molecule has 0 amide bonds. The van der Waals surface area contributed by atoms with Gasteiger partial charge in [0, 0.05) is 12.3 Å². The Balaban J connectivity index is 4.71. The van der Waals surface area contributed by atoms with Crippen LogP contribution in [0.5, 0.6) is 0 Å². The van der Waals surface area contributed by atoms with Crippen LogP contribution in [0.3, 0.4) is 0 Å². The molecular weight excluding hydrogens is 198 g/mol. The van der Waals surface area contributed by atoms with E-state index in [0.29, 0.717) is 5.92 Å². The van der Waals surface area contributed by atoms with Gasteiger partial charge in [0.15, 0.2) is 9.84 Å². The highest BCUT2D eigenvalue weighted by atomic mass is 32.2. The van der Waals surface area contributed by atoms with E-state index in [1.54, 1.807) is 6.92 Å². The molecule has 0 rings (SSSR count). The van der Waals surface area contributed by atoms with Gasteiger partial charge in [0.05, 0.1) is 5.25 Å². The summed E-state index contributed by atoms with van der Waals surface area (Å²) >= 11 is 0. The van der Waals surface area contributed by atoms with E-state index in [-0.39, 0.29) is 11.3 Å². The molecule has 0 heterocycles. The molecule has 0 aliphatic carbocycles. The standard InChI is InChI=1S/C10H23NO2S/c1-6-9(7-2)10(11-4)8(3)14(5,12)13/h8-11H,6-7H2,1-5H3. The van der Waals surface area contributed by atoms with Gasteiger partial charge < -0.3 is 5.32 Å². The van der Waals surface area contributed by atoms with Crippen LogP contribution < -0.4 is 5.32 Å². The van der Waals surface area contributed by atoms with Crippen LogP contribution in [0.4, 0.5) is 0 Å². The van der Waals surface area contributed by atoms with E-state index >= 15 is 0 Å². The molecular formula is C10H23NO2S. The quantitative estimate of drug-likeness (QED) is 0.738. The third-order valence-corrected chi connectivity index (χ3v) is 4.71. The zero-order valence-electron chi connectivity index (χ0n) is 9.87. The SMILES string of the molecule is CCC(CC)C(NC)C(C)S(C)(=O)=O. The Hall–Kier alpha value is -0.0900. The molecule has 0 saturated heterocycles. The molecule has 14 heavy (non-hydrogen) atoms. The van der Waals surface area contributed by atoms with Crippen LogP contribution in [0.2, 0.25) is 0 Å². The molecule has 0 spiro atoms. The van der Waals surface area contributed by atoms with Crippen molar-refractivity contribution in [3.05, 3.63) is 0 Å². The first kappa shape index (κ1) is 13.9. The van der Waals surface area contributed by atoms with E-state index in [4.69, 9.17) is 0 Å². The summed E-state index contributed by atoms with van der Waals surface area (Å²) in [6.07, 6.45) is 3.34. The summed E-state index contributed by atoms with van der Waals surface area (Å²) in [5.74, 6) is 0.435. The number of nitrogens with one attached hydrogen (secondary N) is 1. The van der Waals surface area contributed by atoms with Gasteiger partial charge in [-0.2, -0.15) is 0 Å². The number of hydrogen-bond donors (Lipinski definition) is 1. The lowest BCUT2D eigenvalue weighted by molar-refractivity contribution is 0.343. The minimum absolute atomic E-state index is 0.0694. The zero-order valence-corrected chi connectivity index (χ0v) is 10.7. The average Bonchev–Trinajstić information content (AvgIpc) is 2.11. The molecule has 4 heteroatoms. The van der Waals surface area contributed by atoms with Gasteiger partial charge in [-0.1, -0.05) is 26.7 Å². The summed E-state index contributed by atoms with van der Waals surface area (Å²) < 4.78 is 22.9. The molecule has 2 atom stereocenters. The lowest BCUT2D eigenvalue weighted by Gasteiger charge is -2.29. The minimum atomic E-state index is -2.94. The number of hydrogen-bond acceptors (Lipinski definition) is 3. The van der Waals surface area contributed by atoms with Crippen molar-refractivity contribution in [1.29, 1.82) is 0 Å². The maximum Gasteiger partial charge on any atom is 0.151 e. The molecule has 0 saturated carbocycles. The smallest absolute Gasteiger partial charge is 0.151 e. The van der Waals surface area contributed by atoms with Crippen molar-refractivity contribution >= 4 is 9.84 Å². The normalized spacial score (nSPS) is 17.0. The monoisotopic (exact) mass is 221 g/mol. The zero-order chi connectivity index (χ0) is 11.4. The summed E-state index contributed by atoms with van der Waals surface area (Å²) in [5.41, 5.74) is 0. The highest BCUT2D eigenvalue weighted by Crippen LogP contribution is 2.19. The summed E-state index contributed by atoms with van der Waals surface area (Å²) in [5, 5.41) is 2.82. The lowest BCUT2D eigenvalue weighted by atomic mass is 9.92. The predicted molar refractivity (Wildman–Crippen MR) is 61.2 cm³/mol. The molecule has 0 aromatic carbocycles. The molecule has 0 aromatic heterocycles. The molecule has 1 N–H and O–H groups in total. The maximum atomic E-state index is 11.4. The number of rotatable bonds is 6. The minimum Gasteiger partial charge on any atom is -0.315 e. The first-order chi connectivity index (χ1) is 6.38. The van der Waals surface area contributed by atoms with Gasteiger partial charge in [-0.25, -0.2) is 8.42 Å². The van der Waals surface area contributed by atoms with Crippen LogP contribution in [0.15, 0.2) is 0 Å². The fourth-order valence-corrected chi connectivity index (χ4v) is 2.81. The Kier molecular flexibility index (Phi) is 5.67. The van der Waals surface area contributed by atoms with Crippen molar-refractivity contribution < 1.29 is 8.42 Å². The Morgan fingerprint density at radius 1 is 1.21 bits per heavy atom. The van der Waals surface area contributed by atoms with E-state index in [1.165, 1.54) is 6.26 Å². The topological polar surface area (TPSA) is 46.2 Å². The molecule has 2 unspecified atom stereocenters. The summed E-state index contributed by atoms with van der Waals surface area (Å²) in [7, 11) is -1.10. The van der Waals surface area contributed by atoms with Crippen LogP contribution in [-0.4, -0.2) is 33.0 Å². The van der Waals surface area contributed by atoms with Crippen molar-refractivity contribution in [2.24, 2.45) is 5.92 Å². The second-order valence-corrected chi connectivity index (χ2v) is 6.33. The molecule has 86 valence electrons. The van der Waals surface area contributed by atoms with Gasteiger partial charge in [0.1, 0.15) is 0 Å². The summed E-state index contributed by atoms with van der Waals surface area (Å²) in [6, 6.07) is 0.0694. The second-order valence-electron chi connectivity index (χ2n) is 3.93. The van der Waals surface area contributed by atoms with Gasteiger partial charge >= 0.3 is 0 Å². The van der Waals surface area contributed by atoms with Gasteiger partial charge in [0.2, 0.25) is 0 Å². The van der Waals surface area contributed by atoms with E-state index in [1.807, 2.05) is 7.05 Å². The average molecular weight is 221 g/mol. The van der Waals surface area contributed by atoms with Crippen LogP contribution in [0.1, 0.15) is 33.6 Å². The van der Waals surface area contributed by atoms with E-state index in [2.05, 4.69) is 19.2 Å². The Bertz CT molecular complexity index is 245. The van der Waals surface area contributed by atoms with Gasteiger partial charge in [-0.05, 0) is 19.9 Å². The van der Waals surface area contributed by atoms with Crippen LogP contribution in [0.25, 0.3) is 0 Å². The van der Waals surface area contributed by atoms with Crippen molar-refractivity contribution in [3.63, 3.8) is 0 Å². The lowest BCUT2D eigenvalue weighted by Crippen LogP contribution is -2.45. The molecule has 0 radical (unpaired) electrons. The molecule has 3 nitrogen and oxygen atoms in total. The fourth-order valence-electron chi connectivity index (χ4n) is 1.92. The summed E-state index contributed by atoms with van der Waals surface area (Å²) in [4.78, 5) is 0. The van der Waals surface area contributed by atoms with Crippen molar-refractivity contribution in [3.8, 4) is 0 Å². The molecule has 0 aliphatic heterocycles. The van der Waals surface area contributed by atoms with E-state index in [0.717, 1.165) is 12.8 Å². The molecule has 0 bridgehead atoms.